The normalized spacial score (nSPS) is 10.3. The molecule has 0 saturated heterocycles. The van der Waals surface area contributed by atoms with Crippen molar-refractivity contribution in [2.75, 3.05) is 14.2 Å². The number of ether oxygens (including phenoxy) is 2. The fraction of sp³-hybridized carbons (Fsp3) is 0.205. The molecule has 4 N–H and O–H groups in total. The van der Waals surface area contributed by atoms with Crippen LogP contribution in [0.3, 0.4) is 0 Å². The minimum absolute atomic E-state index is 0. The van der Waals surface area contributed by atoms with Crippen LogP contribution in [0.2, 0.25) is 10.0 Å². The molecule has 11 heteroatoms. The Labute approximate surface area is 332 Å². The largest absolute Gasteiger partial charge is 0.496 e. The molecule has 6 rings (SSSR count). The number of hydrogen-bond acceptors (Lipinski definition) is 6. The number of hydrogen-bond donors (Lipinski definition) is 2. The van der Waals surface area contributed by atoms with E-state index in [4.69, 9.17) is 44.1 Å². The van der Waals surface area contributed by atoms with Crippen molar-refractivity contribution >= 4 is 29.1 Å². The fourth-order valence-electron chi connectivity index (χ4n) is 5.72. The standard InChI is InChI=1S/C22H20ClFN2O2.C20H18ClFN2O.2CH4/c1-28-19-9-6-16(22(24)21(19)15-3-2-4-17(23)12-15)11-14-5-7-18(26-13-14)8-10-20(25)27;1-25-18-8-6-15(9-13-5-7-17(11-23)24-12-13)20(22)19(18)14-3-2-4-16(21)10-14;;/h2-7,9,12-13H,8,10-11H2,1H3,(H2,25,27);2-8,10,12H,9,11,23H2,1H3;2*1H4. The molecule has 0 atom stereocenters. The number of nitrogens with two attached hydrogens (primary N) is 2. The van der Waals surface area contributed by atoms with E-state index in [0.717, 1.165) is 22.5 Å². The smallest absolute Gasteiger partial charge is 0.217 e. The summed E-state index contributed by atoms with van der Waals surface area (Å²) >= 11 is 12.1. The number of pyridine rings is 2. The van der Waals surface area contributed by atoms with Crippen molar-refractivity contribution in [2.45, 2.75) is 47.1 Å². The Hall–Kier alpha value is -5.35. The summed E-state index contributed by atoms with van der Waals surface area (Å²) in [7, 11) is 3.04. The van der Waals surface area contributed by atoms with Gasteiger partial charge in [-0.25, -0.2) is 8.78 Å². The molecular formula is C44H46Cl2F2N4O3. The zero-order valence-electron chi connectivity index (χ0n) is 29.2. The third kappa shape index (κ3) is 11.6. The number of amides is 1. The third-order valence-corrected chi connectivity index (χ3v) is 8.90. The van der Waals surface area contributed by atoms with Gasteiger partial charge in [0.15, 0.2) is 0 Å². The van der Waals surface area contributed by atoms with E-state index in [1.54, 1.807) is 79.1 Å². The summed E-state index contributed by atoms with van der Waals surface area (Å²) in [6.07, 6.45) is 4.98. The first-order valence-electron chi connectivity index (χ1n) is 16.7. The van der Waals surface area contributed by atoms with E-state index in [-0.39, 0.29) is 38.8 Å². The highest BCUT2D eigenvalue weighted by atomic mass is 35.5. The molecule has 0 fully saturated rings. The molecule has 7 nitrogen and oxygen atoms in total. The molecule has 0 saturated carbocycles. The SMILES string of the molecule is C.C.COc1ccc(Cc2ccc(CCC(N)=O)nc2)c(F)c1-c1cccc(Cl)c1.COc1ccc(Cc2ccc(CN)nc2)c(F)c1-c1cccc(Cl)c1. The monoisotopic (exact) mass is 786 g/mol. The molecular weight excluding hydrogens is 741 g/mol. The number of aryl methyl sites for hydroxylation is 1. The predicted molar refractivity (Wildman–Crippen MR) is 220 cm³/mol. The summed E-state index contributed by atoms with van der Waals surface area (Å²) in [5.74, 6) is -0.104. The van der Waals surface area contributed by atoms with Gasteiger partial charge in [0.05, 0.1) is 31.0 Å². The zero-order valence-corrected chi connectivity index (χ0v) is 30.7. The maximum atomic E-state index is 15.3. The van der Waals surface area contributed by atoms with E-state index in [0.29, 0.717) is 80.7 Å². The van der Waals surface area contributed by atoms with Crippen LogP contribution in [-0.4, -0.2) is 30.1 Å². The highest BCUT2D eigenvalue weighted by molar-refractivity contribution is 6.31. The van der Waals surface area contributed by atoms with Gasteiger partial charge in [-0.1, -0.05) is 86.6 Å². The Kier molecular flexibility index (Phi) is 16.8. The van der Waals surface area contributed by atoms with Crippen LogP contribution in [0.1, 0.15) is 54.9 Å². The molecule has 0 unspecified atom stereocenters. The number of aromatic nitrogens is 2. The van der Waals surface area contributed by atoms with Gasteiger partial charge in [0.1, 0.15) is 23.1 Å². The second-order valence-electron chi connectivity index (χ2n) is 12.1. The molecule has 0 radical (unpaired) electrons. The Morgan fingerprint density at radius 2 is 1.13 bits per heavy atom. The number of rotatable bonds is 12. The summed E-state index contributed by atoms with van der Waals surface area (Å²) < 4.78 is 41.2. The van der Waals surface area contributed by atoms with Gasteiger partial charge in [-0.05, 0) is 88.3 Å². The van der Waals surface area contributed by atoms with Gasteiger partial charge in [-0.3, -0.25) is 14.8 Å². The summed E-state index contributed by atoms with van der Waals surface area (Å²) in [4.78, 5) is 19.5. The van der Waals surface area contributed by atoms with Crippen molar-refractivity contribution < 1.29 is 23.0 Å². The third-order valence-electron chi connectivity index (χ3n) is 8.43. The number of carbonyl (C=O) groups excluding carboxylic acids is 1. The van der Waals surface area contributed by atoms with Gasteiger partial charge in [-0.2, -0.15) is 0 Å². The van der Waals surface area contributed by atoms with Crippen LogP contribution < -0.4 is 20.9 Å². The van der Waals surface area contributed by atoms with Crippen molar-refractivity contribution in [1.82, 2.24) is 9.97 Å². The lowest BCUT2D eigenvalue weighted by Crippen LogP contribution is -2.11. The van der Waals surface area contributed by atoms with Crippen molar-refractivity contribution in [2.24, 2.45) is 11.5 Å². The lowest BCUT2D eigenvalue weighted by Gasteiger charge is -2.14. The fourth-order valence-corrected chi connectivity index (χ4v) is 6.10. The molecule has 55 heavy (non-hydrogen) atoms. The second kappa shape index (κ2) is 20.9. The highest BCUT2D eigenvalue weighted by Gasteiger charge is 2.18. The lowest BCUT2D eigenvalue weighted by atomic mass is 9.97. The Morgan fingerprint density at radius 3 is 1.49 bits per heavy atom. The van der Waals surface area contributed by atoms with Crippen LogP contribution in [0.5, 0.6) is 11.5 Å². The Bertz CT molecular complexity index is 2180. The van der Waals surface area contributed by atoms with Crippen LogP contribution in [0.15, 0.2) is 109 Å². The molecule has 288 valence electrons. The number of benzene rings is 4. The first-order chi connectivity index (χ1) is 25.6. The zero-order chi connectivity index (χ0) is 37.9. The van der Waals surface area contributed by atoms with Crippen LogP contribution in [0, 0.1) is 11.6 Å². The molecule has 0 bridgehead atoms. The van der Waals surface area contributed by atoms with Crippen LogP contribution in [0.25, 0.3) is 22.3 Å². The maximum Gasteiger partial charge on any atom is 0.217 e. The van der Waals surface area contributed by atoms with Gasteiger partial charge >= 0.3 is 0 Å². The number of nitrogens with zero attached hydrogens (tertiary/aromatic N) is 2. The van der Waals surface area contributed by atoms with Gasteiger partial charge in [0.2, 0.25) is 5.91 Å². The minimum Gasteiger partial charge on any atom is -0.496 e. The van der Waals surface area contributed by atoms with Gasteiger partial charge in [0.25, 0.3) is 0 Å². The van der Waals surface area contributed by atoms with E-state index < -0.39 is 0 Å². The number of halogens is 4. The Balaban J connectivity index is 0.000000287. The van der Waals surface area contributed by atoms with E-state index >= 15 is 8.78 Å². The van der Waals surface area contributed by atoms with E-state index in [2.05, 4.69) is 9.97 Å². The molecule has 2 aromatic heterocycles. The molecule has 0 aliphatic carbocycles. The minimum atomic E-state index is -0.361. The Morgan fingerprint density at radius 1 is 0.673 bits per heavy atom. The molecule has 6 aromatic rings. The topological polar surface area (TPSA) is 113 Å². The molecule has 0 aliphatic heterocycles. The second-order valence-corrected chi connectivity index (χ2v) is 13.0. The van der Waals surface area contributed by atoms with Gasteiger partial charge in [-0.15, -0.1) is 0 Å². The average Bonchev–Trinajstić information content (AvgIpc) is 3.16. The molecule has 1 amide bonds. The highest BCUT2D eigenvalue weighted by Crippen LogP contribution is 2.37. The quantitative estimate of drug-likeness (QED) is 0.128. The first-order valence-corrected chi connectivity index (χ1v) is 17.4. The summed E-state index contributed by atoms with van der Waals surface area (Å²) in [5, 5.41) is 1.08. The summed E-state index contributed by atoms with van der Waals surface area (Å²) in [5.41, 5.74) is 17.3. The van der Waals surface area contributed by atoms with Crippen LogP contribution in [0.4, 0.5) is 8.78 Å². The van der Waals surface area contributed by atoms with Crippen molar-refractivity contribution in [1.29, 1.82) is 0 Å². The average molecular weight is 788 g/mol. The van der Waals surface area contributed by atoms with Crippen molar-refractivity contribution in [3.8, 4) is 33.8 Å². The maximum absolute atomic E-state index is 15.3. The molecule has 0 spiro atoms. The van der Waals surface area contributed by atoms with Gasteiger partial charge in [0, 0.05) is 53.9 Å². The van der Waals surface area contributed by atoms with Gasteiger partial charge < -0.3 is 20.9 Å². The number of methoxy groups -OCH3 is 2. The van der Waals surface area contributed by atoms with E-state index in [9.17, 15) is 4.79 Å². The number of carbonyl (C=O) groups is 1. The van der Waals surface area contributed by atoms with Crippen LogP contribution in [-0.2, 0) is 30.6 Å². The molecule has 2 heterocycles. The van der Waals surface area contributed by atoms with Crippen molar-refractivity contribution in [3.05, 3.63) is 165 Å². The van der Waals surface area contributed by atoms with Crippen LogP contribution >= 0.6 is 23.2 Å². The molecule has 4 aromatic carbocycles. The van der Waals surface area contributed by atoms with E-state index in [1.165, 1.54) is 14.2 Å². The summed E-state index contributed by atoms with van der Waals surface area (Å²) in [6.45, 7) is 0.385. The predicted octanol–water partition coefficient (Wildman–Crippen LogP) is 10.4. The molecule has 0 aliphatic rings. The first kappa shape index (κ1) is 44.0. The van der Waals surface area contributed by atoms with Crippen molar-refractivity contribution in [3.63, 3.8) is 0 Å². The lowest BCUT2D eigenvalue weighted by molar-refractivity contribution is -0.118. The number of primary amides is 1. The summed E-state index contributed by atoms with van der Waals surface area (Å²) in [6, 6.07) is 28.6. The van der Waals surface area contributed by atoms with E-state index in [1.807, 2.05) is 30.3 Å².